The number of carboxylic acid groups (broad SMARTS) is 1. The lowest BCUT2D eigenvalue weighted by molar-refractivity contribution is -0.153. The average Bonchev–Trinajstić information content (AvgIpc) is 2.36. The molecule has 0 saturated heterocycles. The number of carbonyl (C=O) groups excluding carboxylic acids is 1. The van der Waals surface area contributed by atoms with Crippen LogP contribution in [0.25, 0.3) is 0 Å². The van der Waals surface area contributed by atoms with Crippen LogP contribution in [0.4, 0.5) is 0 Å². The van der Waals surface area contributed by atoms with Crippen molar-refractivity contribution in [3.8, 4) is 0 Å². The van der Waals surface area contributed by atoms with Gasteiger partial charge in [-0.2, -0.15) is 11.8 Å². The van der Waals surface area contributed by atoms with E-state index in [1.165, 1.54) is 33.1 Å². The van der Waals surface area contributed by atoms with Gasteiger partial charge in [0.05, 0.1) is 0 Å². The van der Waals surface area contributed by atoms with Crippen LogP contribution in [0.2, 0.25) is 0 Å². The SMILES string of the molecule is CSC1(CNC(=O)C(C)(C)C(=O)O)CCCCC1. The summed E-state index contributed by atoms with van der Waals surface area (Å²) in [6, 6.07) is 0. The fourth-order valence-corrected chi connectivity index (χ4v) is 3.12. The minimum absolute atomic E-state index is 0.0997. The van der Waals surface area contributed by atoms with Gasteiger partial charge in [0.15, 0.2) is 0 Å². The van der Waals surface area contributed by atoms with Gasteiger partial charge in [-0.15, -0.1) is 0 Å². The van der Waals surface area contributed by atoms with E-state index in [0.29, 0.717) is 6.54 Å². The monoisotopic (exact) mass is 273 g/mol. The zero-order chi connectivity index (χ0) is 13.8. The maximum Gasteiger partial charge on any atom is 0.318 e. The lowest BCUT2D eigenvalue weighted by atomic mass is 9.87. The van der Waals surface area contributed by atoms with Crippen LogP contribution in [0.3, 0.4) is 0 Å². The van der Waals surface area contributed by atoms with E-state index in [2.05, 4.69) is 11.6 Å². The quantitative estimate of drug-likeness (QED) is 0.754. The molecule has 0 spiro atoms. The van der Waals surface area contributed by atoms with Crippen LogP contribution in [0.5, 0.6) is 0 Å². The van der Waals surface area contributed by atoms with Crippen molar-refractivity contribution in [3.05, 3.63) is 0 Å². The molecule has 0 atom stereocenters. The Kier molecular flexibility index (Phi) is 5.08. The summed E-state index contributed by atoms with van der Waals surface area (Å²) >= 11 is 1.79. The highest BCUT2D eigenvalue weighted by Gasteiger charge is 2.38. The van der Waals surface area contributed by atoms with Gasteiger partial charge >= 0.3 is 5.97 Å². The maximum atomic E-state index is 11.9. The highest BCUT2D eigenvalue weighted by atomic mass is 32.2. The number of hydrogen-bond acceptors (Lipinski definition) is 3. The lowest BCUT2D eigenvalue weighted by Gasteiger charge is -2.36. The van der Waals surface area contributed by atoms with E-state index in [9.17, 15) is 9.59 Å². The highest BCUT2D eigenvalue weighted by Crippen LogP contribution is 2.38. The molecule has 104 valence electrons. The van der Waals surface area contributed by atoms with Crippen LogP contribution >= 0.6 is 11.8 Å². The second kappa shape index (κ2) is 5.95. The Morgan fingerprint density at radius 3 is 2.28 bits per heavy atom. The van der Waals surface area contributed by atoms with Gasteiger partial charge in [0, 0.05) is 11.3 Å². The van der Waals surface area contributed by atoms with Crippen molar-refractivity contribution < 1.29 is 14.7 Å². The zero-order valence-electron chi connectivity index (χ0n) is 11.4. The molecular formula is C13H23NO3S. The number of carbonyl (C=O) groups is 2. The number of aliphatic carboxylic acids is 1. The molecular weight excluding hydrogens is 250 g/mol. The van der Waals surface area contributed by atoms with E-state index in [0.717, 1.165) is 12.8 Å². The molecule has 2 N–H and O–H groups in total. The molecule has 0 aromatic rings. The van der Waals surface area contributed by atoms with Crippen LogP contribution in [0.15, 0.2) is 0 Å². The predicted octanol–water partition coefficient (Wildman–Crippen LogP) is 2.28. The Morgan fingerprint density at radius 1 is 1.28 bits per heavy atom. The summed E-state index contributed by atoms with van der Waals surface area (Å²) < 4.78 is 0.0997. The van der Waals surface area contributed by atoms with Crippen molar-refractivity contribution in [3.63, 3.8) is 0 Å². The second-order valence-corrected chi connectivity index (χ2v) is 6.83. The van der Waals surface area contributed by atoms with Gasteiger partial charge in [0.2, 0.25) is 5.91 Å². The average molecular weight is 273 g/mol. The van der Waals surface area contributed by atoms with Crippen molar-refractivity contribution in [1.29, 1.82) is 0 Å². The van der Waals surface area contributed by atoms with Gasteiger partial charge in [-0.3, -0.25) is 9.59 Å². The van der Waals surface area contributed by atoms with Crippen molar-refractivity contribution in [2.75, 3.05) is 12.8 Å². The number of hydrogen-bond donors (Lipinski definition) is 2. The van der Waals surface area contributed by atoms with Gasteiger partial charge in [0.25, 0.3) is 0 Å². The molecule has 1 rings (SSSR count). The molecule has 1 amide bonds. The van der Waals surface area contributed by atoms with Crippen LogP contribution < -0.4 is 5.32 Å². The topological polar surface area (TPSA) is 66.4 Å². The molecule has 4 nitrogen and oxygen atoms in total. The minimum Gasteiger partial charge on any atom is -0.480 e. The third kappa shape index (κ3) is 3.40. The third-order valence-corrected chi connectivity index (χ3v) is 5.29. The summed E-state index contributed by atoms with van der Waals surface area (Å²) in [5, 5.41) is 11.8. The van der Waals surface area contributed by atoms with Gasteiger partial charge in [-0.1, -0.05) is 19.3 Å². The first-order chi connectivity index (χ1) is 8.34. The van der Waals surface area contributed by atoms with Gasteiger partial charge in [0.1, 0.15) is 5.41 Å². The molecule has 0 aromatic carbocycles. The summed E-state index contributed by atoms with van der Waals surface area (Å²) in [7, 11) is 0. The molecule has 0 aliphatic heterocycles. The summed E-state index contributed by atoms with van der Waals surface area (Å²) in [6.07, 6.45) is 7.92. The Balaban J connectivity index is 2.58. The van der Waals surface area contributed by atoms with Gasteiger partial charge in [-0.25, -0.2) is 0 Å². The molecule has 0 radical (unpaired) electrons. The second-order valence-electron chi connectivity index (χ2n) is 5.56. The largest absolute Gasteiger partial charge is 0.480 e. The van der Waals surface area contributed by atoms with E-state index >= 15 is 0 Å². The number of nitrogens with one attached hydrogen (secondary N) is 1. The highest BCUT2D eigenvalue weighted by molar-refractivity contribution is 8.00. The number of thioether (sulfide) groups is 1. The van der Waals surface area contributed by atoms with Crippen LogP contribution in [0.1, 0.15) is 46.0 Å². The molecule has 1 fully saturated rings. The van der Waals surface area contributed by atoms with E-state index in [4.69, 9.17) is 5.11 Å². The smallest absolute Gasteiger partial charge is 0.318 e. The summed E-state index contributed by atoms with van der Waals surface area (Å²) in [6.45, 7) is 3.46. The molecule has 0 bridgehead atoms. The minimum atomic E-state index is -1.35. The summed E-state index contributed by atoms with van der Waals surface area (Å²) in [4.78, 5) is 22.9. The molecule has 0 aromatic heterocycles. The Bertz CT molecular complexity index is 322. The van der Waals surface area contributed by atoms with Crippen molar-refractivity contribution >= 4 is 23.6 Å². The number of carboxylic acids is 1. The van der Waals surface area contributed by atoms with Gasteiger partial charge < -0.3 is 10.4 Å². The Labute approximate surface area is 113 Å². The van der Waals surface area contributed by atoms with E-state index in [1.54, 1.807) is 11.8 Å². The fourth-order valence-electron chi connectivity index (χ4n) is 2.21. The standard InChI is InChI=1S/C13H23NO3S/c1-12(2,11(16)17)10(15)14-9-13(18-3)7-5-4-6-8-13/h4-9H2,1-3H3,(H,14,15)(H,16,17). The van der Waals surface area contributed by atoms with Crippen molar-refractivity contribution in [2.45, 2.75) is 50.7 Å². The fraction of sp³-hybridized carbons (Fsp3) is 0.846. The van der Waals surface area contributed by atoms with E-state index in [-0.39, 0.29) is 4.75 Å². The van der Waals surface area contributed by atoms with E-state index in [1.807, 2.05) is 0 Å². The normalized spacial score (nSPS) is 19.3. The van der Waals surface area contributed by atoms with Crippen molar-refractivity contribution in [1.82, 2.24) is 5.32 Å². The first-order valence-corrected chi connectivity index (χ1v) is 7.63. The molecule has 18 heavy (non-hydrogen) atoms. The maximum absolute atomic E-state index is 11.9. The summed E-state index contributed by atoms with van der Waals surface area (Å²) in [5.41, 5.74) is -1.35. The first kappa shape index (κ1) is 15.3. The molecule has 0 unspecified atom stereocenters. The van der Waals surface area contributed by atoms with Crippen molar-refractivity contribution in [2.24, 2.45) is 5.41 Å². The van der Waals surface area contributed by atoms with Crippen LogP contribution in [0, 0.1) is 5.41 Å². The molecule has 1 aliphatic carbocycles. The predicted molar refractivity (Wildman–Crippen MR) is 73.8 cm³/mol. The third-order valence-electron chi connectivity index (χ3n) is 3.87. The first-order valence-electron chi connectivity index (χ1n) is 6.41. The molecule has 5 heteroatoms. The molecule has 0 heterocycles. The number of rotatable bonds is 5. The Hall–Kier alpha value is -0.710. The van der Waals surface area contributed by atoms with E-state index < -0.39 is 17.3 Å². The summed E-state index contributed by atoms with van der Waals surface area (Å²) in [5.74, 6) is -1.48. The van der Waals surface area contributed by atoms with Crippen LogP contribution in [-0.4, -0.2) is 34.5 Å². The lowest BCUT2D eigenvalue weighted by Crippen LogP contribution is -2.48. The van der Waals surface area contributed by atoms with Gasteiger partial charge in [-0.05, 0) is 32.9 Å². The molecule has 1 aliphatic rings. The number of amides is 1. The van der Waals surface area contributed by atoms with Crippen LogP contribution in [-0.2, 0) is 9.59 Å². The zero-order valence-corrected chi connectivity index (χ0v) is 12.2. The Morgan fingerprint density at radius 2 is 1.83 bits per heavy atom. The molecule has 1 saturated carbocycles.